The summed E-state index contributed by atoms with van der Waals surface area (Å²) in [6.45, 7) is 0. The number of carbonyl (C=O) groups excluding carboxylic acids is 2. The minimum atomic E-state index is -0.490. The first-order chi connectivity index (χ1) is 15.5. The summed E-state index contributed by atoms with van der Waals surface area (Å²) in [7, 11) is 0. The predicted molar refractivity (Wildman–Crippen MR) is 122 cm³/mol. The van der Waals surface area contributed by atoms with E-state index in [-0.39, 0.29) is 18.7 Å². The number of hydrogen-bond acceptors (Lipinski definition) is 4. The molecule has 6 heteroatoms. The Balaban J connectivity index is 1.82. The normalized spacial score (nSPS) is 12.2. The van der Waals surface area contributed by atoms with E-state index < -0.39 is 5.91 Å². The second kappa shape index (κ2) is 8.99. The zero-order chi connectivity index (χ0) is 22.5. The van der Waals surface area contributed by atoms with Crippen molar-refractivity contribution in [1.29, 1.82) is 5.26 Å². The zero-order valence-electron chi connectivity index (χ0n) is 17.1. The molecule has 154 valence electrons. The Kier molecular flexibility index (Phi) is 5.78. The average molecular weight is 418 g/mol. The number of carbonyl (C=O) groups is 2. The van der Waals surface area contributed by atoms with Crippen molar-refractivity contribution in [2.75, 3.05) is 5.32 Å². The van der Waals surface area contributed by atoms with Crippen molar-refractivity contribution in [3.05, 3.63) is 94.5 Å². The third-order valence-corrected chi connectivity index (χ3v) is 4.88. The van der Waals surface area contributed by atoms with E-state index in [0.29, 0.717) is 39.3 Å². The van der Waals surface area contributed by atoms with Crippen LogP contribution in [0.5, 0.6) is 0 Å². The number of nitrogens with zero attached hydrogens (tertiary/aromatic N) is 2. The Morgan fingerprint density at radius 2 is 1.81 bits per heavy atom. The van der Waals surface area contributed by atoms with Crippen LogP contribution in [0.4, 0.5) is 11.4 Å². The first-order valence-corrected chi connectivity index (χ1v) is 9.92. The van der Waals surface area contributed by atoms with Gasteiger partial charge in [0.1, 0.15) is 0 Å². The number of benzene rings is 3. The largest absolute Gasteiger partial charge is 0.369 e. The molecule has 1 aliphatic heterocycles. The number of nitrogens with one attached hydrogen (secondary N) is 1. The van der Waals surface area contributed by atoms with E-state index in [9.17, 15) is 14.9 Å². The Hall–Kier alpha value is -4.68. The molecule has 3 aromatic carbocycles. The molecule has 32 heavy (non-hydrogen) atoms. The van der Waals surface area contributed by atoms with Gasteiger partial charge in [0.05, 0.1) is 41.6 Å². The molecule has 0 saturated heterocycles. The molecule has 4 rings (SSSR count). The van der Waals surface area contributed by atoms with Gasteiger partial charge in [-0.2, -0.15) is 5.26 Å². The highest BCUT2D eigenvalue weighted by Gasteiger charge is 2.19. The van der Waals surface area contributed by atoms with Crippen LogP contribution in [-0.4, -0.2) is 17.5 Å². The minimum Gasteiger partial charge on any atom is -0.369 e. The van der Waals surface area contributed by atoms with Crippen molar-refractivity contribution in [1.82, 2.24) is 0 Å². The summed E-state index contributed by atoms with van der Waals surface area (Å²) in [5, 5.41) is 12.1. The molecule has 0 aliphatic carbocycles. The fourth-order valence-electron chi connectivity index (χ4n) is 3.40. The summed E-state index contributed by atoms with van der Waals surface area (Å²) in [6, 6.07) is 22.0. The molecule has 2 amide bonds. The fourth-order valence-corrected chi connectivity index (χ4v) is 3.40. The van der Waals surface area contributed by atoms with Crippen molar-refractivity contribution in [2.24, 2.45) is 10.7 Å². The van der Waals surface area contributed by atoms with Crippen molar-refractivity contribution in [3.63, 3.8) is 0 Å². The molecule has 6 nitrogen and oxygen atoms in total. The van der Waals surface area contributed by atoms with E-state index in [1.807, 2.05) is 36.4 Å². The van der Waals surface area contributed by atoms with E-state index in [2.05, 4.69) is 28.2 Å². The number of anilines is 1. The van der Waals surface area contributed by atoms with E-state index in [1.165, 1.54) is 0 Å². The molecular formula is C26H18N4O2. The predicted octanol–water partition coefficient (Wildman–Crippen LogP) is 3.45. The van der Waals surface area contributed by atoms with Gasteiger partial charge in [0.25, 0.3) is 0 Å². The number of nitrogens with two attached hydrogens (primary N) is 1. The van der Waals surface area contributed by atoms with Crippen LogP contribution in [0.3, 0.4) is 0 Å². The van der Waals surface area contributed by atoms with E-state index >= 15 is 0 Å². The molecule has 0 unspecified atom stereocenters. The molecule has 1 aliphatic rings. The monoisotopic (exact) mass is 418 g/mol. The van der Waals surface area contributed by atoms with Crippen molar-refractivity contribution >= 4 is 28.9 Å². The number of aliphatic imine (C=N–C) groups is 1. The van der Waals surface area contributed by atoms with Crippen LogP contribution in [0.25, 0.3) is 0 Å². The van der Waals surface area contributed by atoms with Crippen molar-refractivity contribution in [2.45, 2.75) is 12.8 Å². The van der Waals surface area contributed by atoms with Crippen LogP contribution in [0.15, 0.2) is 71.7 Å². The van der Waals surface area contributed by atoms with Gasteiger partial charge in [0.15, 0.2) is 0 Å². The smallest absolute Gasteiger partial charge is 0.230 e. The Morgan fingerprint density at radius 3 is 2.56 bits per heavy atom. The molecule has 3 aromatic rings. The summed E-state index contributed by atoms with van der Waals surface area (Å²) in [6.07, 6.45) is 0.0501. The number of primary amides is 1. The standard InChI is InChI=1S/C26H18N4O2/c27-16-18-7-4-8-20(11-18)22-15-26(32)30-24-12-19(10-9-17-5-2-1-3-6-17)21(14-25(28)31)13-23(24)29-22/h1-8,11-13H,14-15H2,(H2,28,31)(H,30,32). The molecule has 3 N–H and O–H groups in total. The lowest BCUT2D eigenvalue weighted by atomic mass is 10.0. The lowest BCUT2D eigenvalue weighted by Gasteiger charge is -2.10. The van der Waals surface area contributed by atoms with Gasteiger partial charge in [0, 0.05) is 11.1 Å². The number of nitriles is 1. The number of fused-ring (bicyclic) bond motifs is 1. The summed E-state index contributed by atoms with van der Waals surface area (Å²) in [5.74, 6) is 5.44. The van der Waals surface area contributed by atoms with Crippen LogP contribution >= 0.6 is 0 Å². The second-order valence-electron chi connectivity index (χ2n) is 7.26. The number of amides is 2. The van der Waals surface area contributed by atoms with Gasteiger partial charge in [-0.15, -0.1) is 0 Å². The van der Waals surface area contributed by atoms with Crippen LogP contribution in [0.1, 0.15) is 34.2 Å². The molecule has 0 radical (unpaired) electrons. The van der Waals surface area contributed by atoms with Crippen LogP contribution < -0.4 is 11.1 Å². The third kappa shape index (κ3) is 4.72. The molecule has 0 saturated carbocycles. The third-order valence-electron chi connectivity index (χ3n) is 4.88. The Bertz CT molecular complexity index is 1360. The number of rotatable bonds is 3. The van der Waals surface area contributed by atoms with Crippen molar-refractivity contribution in [3.8, 4) is 17.9 Å². The van der Waals surface area contributed by atoms with Gasteiger partial charge in [-0.3, -0.25) is 14.6 Å². The molecular weight excluding hydrogens is 400 g/mol. The SMILES string of the molecule is N#Cc1cccc(C2=Nc3cc(CC(N)=O)c(C#Cc4ccccc4)cc3NC(=O)C2)c1. The van der Waals surface area contributed by atoms with Gasteiger partial charge in [-0.05, 0) is 47.5 Å². The van der Waals surface area contributed by atoms with Crippen LogP contribution in [0, 0.1) is 23.2 Å². The van der Waals surface area contributed by atoms with Gasteiger partial charge in [-0.1, -0.05) is 42.2 Å². The summed E-state index contributed by atoms with van der Waals surface area (Å²) >= 11 is 0. The second-order valence-corrected chi connectivity index (χ2v) is 7.26. The highest BCUT2D eigenvalue weighted by molar-refractivity contribution is 6.17. The first kappa shape index (κ1) is 20.6. The molecule has 0 atom stereocenters. The summed E-state index contributed by atoms with van der Waals surface area (Å²) in [4.78, 5) is 28.9. The van der Waals surface area contributed by atoms with E-state index in [0.717, 1.165) is 5.56 Å². The topological polar surface area (TPSA) is 108 Å². The molecule has 0 bridgehead atoms. The summed E-state index contributed by atoms with van der Waals surface area (Å²) in [5.41, 5.74) is 10.2. The molecule has 1 heterocycles. The Morgan fingerprint density at radius 1 is 1.03 bits per heavy atom. The molecule has 0 fully saturated rings. The maximum Gasteiger partial charge on any atom is 0.230 e. The number of hydrogen-bond donors (Lipinski definition) is 2. The minimum absolute atomic E-state index is 0.00516. The van der Waals surface area contributed by atoms with Crippen LogP contribution in [-0.2, 0) is 16.0 Å². The average Bonchev–Trinajstić information content (AvgIpc) is 2.95. The lowest BCUT2D eigenvalue weighted by Crippen LogP contribution is -2.16. The quantitative estimate of drug-likeness (QED) is 0.636. The van der Waals surface area contributed by atoms with Crippen molar-refractivity contribution < 1.29 is 9.59 Å². The van der Waals surface area contributed by atoms with E-state index in [4.69, 9.17) is 5.73 Å². The molecule has 0 aromatic heterocycles. The highest BCUT2D eigenvalue weighted by Crippen LogP contribution is 2.32. The molecule has 0 spiro atoms. The fraction of sp³-hybridized carbons (Fsp3) is 0.0769. The highest BCUT2D eigenvalue weighted by atomic mass is 16.2. The van der Waals surface area contributed by atoms with Gasteiger partial charge >= 0.3 is 0 Å². The van der Waals surface area contributed by atoms with Gasteiger partial charge < -0.3 is 11.1 Å². The Labute approximate surface area is 185 Å². The first-order valence-electron chi connectivity index (χ1n) is 9.92. The maximum absolute atomic E-state index is 12.6. The van der Waals surface area contributed by atoms with Gasteiger partial charge in [0.2, 0.25) is 11.8 Å². The van der Waals surface area contributed by atoms with E-state index in [1.54, 1.807) is 30.3 Å². The summed E-state index contributed by atoms with van der Waals surface area (Å²) < 4.78 is 0. The lowest BCUT2D eigenvalue weighted by molar-refractivity contribution is -0.117. The zero-order valence-corrected chi connectivity index (χ0v) is 17.1. The maximum atomic E-state index is 12.6. The van der Waals surface area contributed by atoms with Gasteiger partial charge in [-0.25, -0.2) is 0 Å². The van der Waals surface area contributed by atoms with Crippen LogP contribution in [0.2, 0.25) is 0 Å².